The van der Waals surface area contributed by atoms with Crippen LogP contribution in [0.25, 0.3) is 0 Å². The molecule has 0 aliphatic rings. The first kappa shape index (κ1) is 23.9. The first-order valence-electron chi connectivity index (χ1n) is 10.4. The van der Waals surface area contributed by atoms with Gasteiger partial charge in [0.2, 0.25) is 0 Å². The van der Waals surface area contributed by atoms with Gasteiger partial charge in [-0.1, -0.05) is 45.9 Å². The Balaban J connectivity index is 1.89. The molecule has 1 unspecified atom stereocenters. The molecule has 0 radical (unpaired) electrons. The molecule has 0 saturated heterocycles. The number of hydrazine groups is 1. The third kappa shape index (κ3) is 7.45. The Morgan fingerprint density at radius 2 is 1.65 bits per heavy atom. The number of hydrogen-bond acceptors (Lipinski definition) is 5. The van der Waals surface area contributed by atoms with Gasteiger partial charge in [0.25, 0.3) is 5.91 Å². The van der Waals surface area contributed by atoms with Crippen molar-refractivity contribution in [1.82, 2.24) is 21.1 Å². The minimum atomic E-state index is -0.848. The van der Waals surface area contributed by atoms with Gasteiger partial charge in [-0.05, 0) is 43.3 Å². The van der Waals surface area contributed by atoms with E-state index < -0.39 is 23.9 Å². The molecule has 0 fully saturated rings. The van der Waals surface area contributed by atoms with E-state index in [0.29, 0.717) is 18.0 Å². The van der Waals surface area contributed by atoms with Crippen molar-refractivity contribution in [2.75, 3.05) is 18.4 Å². The minimum Gasteiger partial charge on any atom is -0.454 e. The number of carbonyl (C=O) groups excluding carboxylic acids is 3. The van der Waals surface area contributed by atoms with Gasteiger partial charge in [0.15, 0.2) is 5.76 Å². The van der Waals surface area contributed by atoms with Crippen molar-refractivity contribution in [3.05, 3.63) is 54.0 Å². The lowest BCUT2D eigenvalue weighted by Crippen LogP contribution is -2.55. The van der Waals surface area contributed by atoms with Crippen molar-refractivity contribution in [3.8, 4) is 0 Å². The van der Waals surface area contributed by atoms with Crippen LogP contribution in [0.3, 0.4) is 0 Å². The highest BCUT2D eigenvalue weighted by Gasteiger charge is 2.25. The standard InChI is InChI=1S/C22H31N5O4/c1-5-27(6-2)14-17-12-13-18(31-17)20(28)25-26-21(29)19(15(3)4)24-22(30)23-16-10-8-7-9-11-16/h7-13,15,19H,5-6,14H2,1-4H3,(H,25,28)(H,26,29)(H2,23,24,30). The molecule has 0 saturated carbocycles. The van der Waals surface area contributed by atoms with Crippen molar-refractivity contribution in [3.63, 3.8) is 0 Å². The Labute approximate surface area is 182 Å². The summed E-state index contributed by atoms with van der Waals surface area (Å²) in [6.07, 6.45) is 0. The van der Waals surface area contributed by atoms with Gasteiger partial charge in [-0.25, -0.2) is 4.79 Å². The molecule has 2 rings (SSSR count). The molecular weight excluding hydrogens is 398 g/mol. The molecule has 1 heterocycles. The summed E-state index contributed by atoms with van der Waals surface area (Å²) in [5.41, 5.74) is 5.29. The molecule has 0 bridgehead atoms. The van der Waals surface area contributed by atoms with Crippen LogP contribution in [-0.4, -0.2) is 41.9 Å². The van der Waals surface area contributed by atoms with Crippen LogP contribution in [0.15, 0.2) is 46.9 Å². The predicted molar refractivity (Wildman–Crippen MR) is 118 cm³/mol. The third-order valence-electron chi connectivity index (χ3n) is 4.73. The molecule has 9 heteroatoms. The van der Waals surface area contributed by atoms with Crippen molar-refractivity contribution in [2.45, 2.75) is 40.3 Å². The number of rotatable bonds is 9. The predicted octanol–water partition coefficient (Wildman–Crippen LogP) is 2.73. The Bertz CT molecular complexity index is 862. The first-order chi connectivity index (χ1) is 14.8. The topological polar surface area (TPSA) is 116 Å². The van der Waals surface area contributed by atoms with Gasteiger partial charge in [-0.15, -0.1) is 0 Å². The van der Waals surface area contributed by atoms with Crippen LogP contribution in [0.5, 0.6) is 0 Å². The number of para-hydroxylation sites is 1. The number of amides is 4. The van der Waals surface area contributed by atoms with Gasteiger partial charge in [0.1, 0.15) is 11.8 Å². The summed E-state index contributed by atoms with van der Waals surface area (Å²) in [6, 6.07) is 10.8. The van der Waals surface area contributed by atoms with Crippen LogP contribution in [0.1, 0.15) is 44.0 Å². The molecule has 9 nitrogen and oxygen atoms in total. The molecule has 0 aliphatic heterocycles. The molecule has 0 aliphatic carbocycles. The summed E-state index contributed by atoms with van der Waals surface area (Å²) in [5, 5.41) is 5.29. The first-order valence-corrected chi connectivity index (χ1v) is 10.4. The van der Waals surface area contributed by atoms with E-state index in [9.17, 15) is 14.4 Å². The van der Waals surface area contributed by atoms with E-state index in [1.807, 2.05) is 6.07 Å². The highest BCUT2D eigenvalue weighted by molar-refractivity contribution is 5.96. The number of furan rings is 1. The summed E-state index contributed by atoms with van der Waals surface area (Å²) in [4.78, 5) is 39.2. The Morgan fingerprint density at radius 1 is 0.968 bits per heavy atom. The Morgan fingerprint density at radius 3 is 2.26 bits per heavy atom. The molecule has 1 aromatic heterocycles. The van der Waals surface area contributed by atoms with Crippen LogP contribution in [0.2, 0.25) is 0 Å². The molecule has 4 N–H and O–H groups in total. The number of carbonyl (C=O) groups is 3. The average molecular weight is 430 g/mol. The summed E-state index contributed by atoms with van der Waals surface area (Å²) < 4.78 is 5.57. The molecular formula is C22H31N5O4. The number of hydrogen-bond donors (Lipinski definition) is 4. The lowest BCUT2D eigenvalue weighted by Gasteiger charge is -2.22. The second kappa shape index (κ2) is 11.8. The quantitative estimate of drug-likeness (QED) is 0.458. The van der Waals surface area contributed by atoms with E-state index in [0.717, 1.165) is 13.1 Å². The molecule has 31 heavy (non-hydrogen) atoms. The highest BCUT2D eigenvalue weighted by atomic mass is 16.4. The zero-order valence-corrected chi connectivity index (χ0v) is 18.4. The van der Waals surface area contributed by atoms with Crippen LogP contribution < -0.4 is 21.5 Å². The van der Waals surface area contributed by atoms with E-state index >= 15 is 0 Å². The maximum Gasteiger partial charge on any atom is 0.319 e. The zero-order valence-electron chi connectivity index (χ0n) is 18.4. The summed E-state index contributed by atoms with van der Waals surface area (Å²) in [5.74, 6) is -0.558. The van der Waals surface area contributed by atoms with E-state index in [1.54, 1.807) is 50.2 Å². The van der Waals surface area contributed by atoms with Crippen molar-refractivity contribution >= 4 is 23.5 Å². The molecule has 1 aromatic carbocycles. The summed E-state index contributed by atoms with van der Waals surface area (Å²) in [6.45, 7) is 10.0. The van der Waals surface area contributed by atoms with Crippen LogP contribution in [0.4, 0.5) is 10.5 Å². The second-order valence-electron chi connectivity index (χ2n) is 7.36. The lowest BCUT2D eigenvalue weighted by molar-refractivity contribution is -0.124. The molecule has 1 atom stereocenters. The van der Waals surface area contributed by atoms with E-state index in [-0.39, 0.29) is 11.7 Å². The second-order valence-corrected chi connectivity index (χ2v) is 7.36. The van der Waals surface area contributed by atoms with Gasteiger partial charge in [-0.3, -0.25) is 25.3 Å². The number of anilines is 1. The third-order valence-corrected chi connectivity index (χ3v) is 4.73. The van der Waals surface area contributed by atoms with Crippen LogP contribution >= 0.6 is 0 Å². The zero-order chi connectivity index (χ0) is 22.8. The number of nitrogens with one attached hydrogen (secondary N) is 4. The molecule has 2 aromatic rings. The Hall–Kier alpha value is -3.33. The average Bonchev–Trinajstić information content (AvgIpc) is 3.23. The fourth-order valence-corrected chi connectivity index (χ4v) is 2.88. The minimum absolute atomic E-state index is 0.0957. The highest BCUT2D eigenvalue weighted by Crippen LogP contribution is 2.11. The maximum atomic E-state index is 12.5. The number of urea groups is 1. The van der Waals surface area contributed by atoms with E-state index in [2.05, 4.69) is 40.2 Å². The summed E-state index contributed by atoms with van der Waals surface area (Å²) in [7, 11) is 0. The van der Waals surface area contributed by atoms with Crippen molar-refractivity contribution in [2.24, 2.45) is 5.92 Å². The van der Waals surface area contributed by atoms with Crippen molar-refractivity contribution in [1.29, 1.82) is 0 Å². The van der Waals surface area contributed by atoms with Crippen LogP contribution in [-0.2, 0) is 11.3 Å². The molecule has 168 valence electrons. The normalized spacial score (nSPS) is 11.8. The number of benzene rings is 1. The maximum absolute atomic E-state index is 12.5. The lowest BCUT2D eigenvalue weighted by atomic mass is 10.0. The van der Waals surface area contributed by atoms with E-state index in [1.165, 1.54) is 0 Å². The van der Waals surface area contributed by atoms with Crippen LogP contribution in [0, 0.1) is 5.92 Å². The SMILES string of the molecule is CCN(CC)Cc1ccc(C(=O)NNC(=O)C(NC(=O)Nc2ccccc2)C(C)C)o1. The van der Waals surface area contributed by atoms with E-state index in [4.69, 9.17) is 4.42 Å². The summed E-state index contributed by atoms with van der Waals surface area (Å²) >= 11 is 0. The number of nitrogens with zero attached hydrogens (tertiary/aromatic N) is 1. The fraction of sp³-hybridized carbons (Fsp3) is 0.409. The largest absolute Gasteiger partial charge is 0.454 e. The van der Waals surface area contributed by atoms with Crippen molar-refractivity contribution < 1.29 is 18.8 Å². The Kier molecular flexibility index (Phi) is 9.08. The monoisotopic (exact) mass is 429 g/mol. The van der Waals surface area contributed by atoms with Gasteiger partial charge < -0.3 is 15.1 Å². The smallest absolute Gasteiger partial charge is 0.319 e. The van der Waals surface area contributed by atoms with Gasteiger partial charge in [0.05, 0.1) is 6.54 Å². The fourth-order valence-electron chi connectivity index (χ4n) is 2.88. The molecule has 0 spiro atoms. The molecule has 4 amide bonds. The van der Waals surface area contributed by atoms with Gasteiger partial charge >= 0.3 is 11.9 Å². The van der Waals surface area contributed by atoms with Gasteiger partial charge in [-0.2, -0.15) is 0 Å². The van der Waals surface area contributed by atoms with Gasteiger partial charge in [0, 0.05) is 5.69 Å².